The molecule has 0 bridgehead atoms. The molecule has 1 aromatic rings. The molecule has 0 aliphatic carbocycles. The average Bonchev–Trinajstić information content (AvgIpc) is 2.53. The van der Waals surface area contributed by atoms with E-state index in [1.54, 1.807) is 5.01 Å². The van der Waals surface area contributed by atoms with Gasteiger partial charge in [-0.05, 0) is 12.1 Å². The molecule has 1 fully saturated rings. The average molecular weight is 162 g/mol. The standard InChI is InChI=1S/C9H10N2O/c12-9-6-7-10-11(9)8-4-2-1-3-5-8/h1-5,10H,6-7H2. The maximum Gasteiger partial charge on any atom is 0.242 e. The molecular weight excluding hydrogens is 152 g/mol. The van der Waals surface area contributed by atoms with Crippen molar-refractivity contribution in [2.75, 3.05) is 11.6 Å². The highest BCUT2D eigenvalue weighted by atomic mass is 16.2. The molecule has 62 valence electrons. The van der Waals surface area contributed by atoms with E-state index in [9.17, 15) is 4.79 Å². The first kappa shape index (κ1) is 7.31. The quantitative estimate of drug-likeness (QED) is 0.666. The Morgan fingerprint density at radius 2 is 2.00 bits per heavy atom. The topological polar surface area (TPSA) is 32.3 Å². The van der Waals surface area contributed by atoms with E-state index < -0.39 is 0 Å². The first-order valence-electron chi connectivity index (χ1n) is 3.99. The molecule has 0 saturated carbocycles. The first-order chi connectivity index (χ1) is 5.88. The van der Waals surface area contributed by atoms with Crippen LogP contribution in [0.3, 0.4) is 0 Å². The number of anilines is 1. The molecule has 0 aromatic heterocycles. The Morgan fingerprint density at radius 1 is 1.25 bits per heavy atom. The lowest BCUT2D eigenvalue weighted by Gasteiger charge is -2.14. The fraction of sp³-hybridized carbons (Fsp3) is 0.222. The van der Waals surface area contributed by atoms with Crippen LogP contribution < -0.4 is 10.4 Å². The number of carbonyl (C=O) groups excluding carboxylic acids is 1. The summed E-state index contributed by atoms with van der Waals surface area (Å²) in [4.78, 5) is 11.2. The summed E-state index contributed by atoms with van der Waals surface area (Å²) in [5.74, 6) is 0.140. The third-order valence-corrected chi connectivity index (χ3v) is 1.87. The van der Waals surface area contributed by atoms with Gasteiger partial charge in [0.2, 0.25) is 5.91 Å². The third kappa shape index (κ3) is 1.19. The smallest absolute Gasteiger partial charge is 0.242 e. The molecule has 1 aromatic carbocycles. The van der Waals surface area contributed by atoms with Crippen LogP contribution in [0.15, 0.2) is 30.3 Å². The number of benzene rings is 1. The highest BCUT2D eigenvalue weighted by Gasteiger charge is 2.20. The minimum Gasteiger partial charge on any atom is -0.273 e. The van der Waals surface area contributed by atoms with Crippen molar-refractivity contribution in [1.29, 1.82) is 0 Å². The normalized spacial score (nSPS) is 17.0. The van der Waals surface area contributed by atoms with Crippen LogP contribution in [0.1, 0.15) is 6.42 Å². The monoisotopic (exact) mass is 162 g/mol. The number of para-hydroxylation sites is 1. The van der Waals surface area contributed by atoms with E-state index >= 15 is 0 Å². The number of nitrogens with zero attached hydrogens (tertiary/aromatic N) is 1. The minimum absolute atomic E-state index is 0.140. The SMILES string of the molecule is O=C1CCNN1c1ccccc1. The zero-order valence-electron chi connectivity index (χ0n) is 6.66. The zero-order valence-corrected chi connectivity index (χ0v) is 6.66. The predicted molar refractivity (Wildman–Crippen MR) is 46.5 cm³/mol. The van der Waals surface area contributed by atoms with E-state index in [1.807, 2.05) is 30.3 Å². The van der Waals surface area contributed by atoms with Crippen LogP contribution in [0.5, 0.6) is 0 Å². The van der Waals surface area contributed by atoms with Gasteiger partial charge in [-0.25, -0.2) is 10.4 Å². The molecule has 12 heavy (non-hydrogen) atoms. The van der Waals surface area contributed by atoms with E-state index in [0.29, 0.717) is 6.42 Å². The van der Waals surface area contributed by atoms with Crippen LogP contribution in [-0.2, 0) is 4.79 Å². The molecule has 3 nitrogen and oxygen atoms in total. The Kier molecular flexibility index (Phi) is 1.80. The van der Waals surface area contributed by atoms with Gasteiger partial charge in [0.05, 0.1) is 5.69 Å². The van der Waals surface area contributed by atoms with Gasteiger partial charge in [-0.1, -0.05) is 18.2 Å². The number of amides is 1. The molecule has 1 amide bonds. The second-order valence-electron chi connectivity index (χ2n) is 2.72. The fourth-order valence-corrected chi connectivity index (χ4v) is 1.29. The van der Waals surface area contributed by atoms with Crippen molar-refractivity contribution in [1.82, 2.24) is 5.43 Å². The molecule has 1 aliphatic rings. The maximum atomic E-state index is 11.2. The summed E-state index contributed by atoms with van der Waals surface area (Å²) in [5.41, 5.74) is 3.92. The summed E-state index contributed by atoms with van der Waals surface area (Å²) in [6.07, 6.45) is 0.592. The molecule has 1 N–H and O–H groups in total. The summed E-state index contributed by atoms with van der Waals surface area (Å²) in [5, 5.41) is 1.60. The fourth-order valence-electron chi connectivity index (χ4n) is 1.29. The minimum atomic E-state index is 0.140. The van der Waals surface area contributed by atoms with Gasteiger partial charge in [0.15, 0.2) is 0 Å². The van der Waals surface area contributed by atoms with Gasteiger partial charge >= 0.3 is 0 Å². The van der Waals surface area contributed by atoms with Crippen molar-refractivity contribution >= 4 is 11.6 Å². The van der Waals surface area contributed by atoms with Crippen molar-refractivity contribution in [3.8, 4) is 0 Å². The van der Waals surface area contributed by atoms with Crippen molar-refractivity contribution in [3.63, 3.8) is 0 Å². The van der Waals surface area contributed by atoms with Gasteiger partial charge in [-0.15, -0.1) is 0 Å². The molecule has 0 radical (unpaired) electrons. The molecule has 3 heteroatoms. The summed E-state index contributed by atoms with van der Waals surface area (Å²) in [6.45, 7) is 0.744. The lowest BCUT2D eigenvalue weighted by molar-refractivity contribution is -0.117. The molecule has 1 aliphatic heterocycles. The van der Waals surface area contributed by atoms with Crippen molar-refractivity contribution in [2.24, 2.45) is 0 Å². The Balaban J connectivity index is 2.25. The molecule has 0 unspecified atom stereocenters. The Bertz CT molecular complexity index is 284. The molecule has 1 saturated heterocycles. The van der Waals surface area contributed by atoms with Crippen LogP contribution in [0.4, 0.5) is 5.69 Å². The van der Waals surface area contributed by atoms with E-state index in [-0.39, 0.29) is 5.91 Å². The number of carbonyl (C=O) groups is 1. The van der Waals surface area contributed by atoms with Crippen molar-refractivity contribution < 1.29 is 4.79 Å². The van der Waals surface area contributed by atoms with Gasteiger partial charge in [0.25, 0.3) is 0 Å². The van der Waals surface area contributed by atoms with E-state index in [0.717, 1.165) is 12.2 Å². The molecule has 0 atom stereocenters. The van der Waals surface area contributed by atoms with Gasteiger partial charge in [0, 0.05) is 13.0 Å². The maximum absolute atomic E-state index is 11.2. The zero-order chi connectivity index (χ0) is 8.39. The second-order valence-corrected chi connectivity index (χ2v) is 2.72. The number of hydrogen-bond acceptors (Lipinski definition) is 2. The number of hydrazine groups is 1. The highest BCUT2D eigenvalue weighted by Crippen LogP contribution is 2.14. The van der Waals surface area contributed by atoms with Crippen LogP contribution >= 0.6 is 0 Å². The molecule has 1 heterocycles. The van der Waals surface area contributed by atoms with Crippen molar-refractivity contribution in [2.45, 2.75) is 6.42 Å². The van der Waals surface area contributed by atoms with Gasteiger partial charge in [-0.3, -0.25) is 4.79 Å². The Labute approximate surface area is 71.0 Å². The van der Waals surface area contributed by atoms with E-state index in [2.05, 4.69) is 5.43 Å². The first-order valence-corrected chi connectivity index (χ1v) is 3.99. The molecule has 2 rings (SSSR count). The number of nitrogens with one attached hydrogen (secondary N) is 1. The largest absolute Gasteiger partial charge is 0.273 e. The van der Waals surface area contributed by atoms with Crippen LogP contribution in [-0.4, -0.2) is 12.5 Å². The molecule has 0 spiro atoms. The highest BCUT2D eigenvalue weighted by molar-refractivity contribution is 5.94. The third-order valence-electron chi connectivity index (χ3n) is 1.87. The Hall–Kier alpha value is -1.35. The van der Waals surface area contributed by atoms with Crippen LogP contribution in [0.25, 0.3) is 0 Å². The van der Waals surface area contributed by atoms with E-state index in [1.165, 1.54) is 0 Å². The van der Waals surface area contributed by atoms with Gasteiger partial charge in [-0.2, -0.15) is 0 Å². The predicted octanol–water partition coefficient (Wildman–Crippen LogP) is 0.928. The van der Waals surface area contributed by atoms with Gasteiger partial charge in [0.1, 0.15) is 0 Å². The number of rotatable bonds is 1. The molecular formula is C9H10N2O. The lowest BCUT2D eigenvalue weighted by atomic mass is 10.3. The second kappa shape index (κ2) is 2.95. The Morgan fingerprint density at radius 3 is 2.58 bits per heavy atom. The number of hydrogen-bond donors (Lipinski definition) is 1. The summed E-state index contributed by atoms with van der Waals surface area (Å²) in [7, 11) is 0. The lowest BCUT2D eigenvalue weighted by Crippen LogP contribution is -2.33. The summed E-state index contributed by atoms with van der Waals surface area (Å²) < 4.78 is 0. The summed E-state index contributed by atoms with van der Waals surface area (Å²) >= 11 is 0. The van der Waals surface area contributed by atoms with Crippen LogP contribution in [0, 0.1) is 0 Å². The van der Waals surface area contributed by atoms with Gasteiger partial charge < -0.3 is 0 Å². The van der Waals surface area contributed by atoms with E-state index in [4.69, 9.17) is 0 Å². The summed E-state index contributed by atoms with van der Waals surface area (Å²) in [6, 6.07) is 9.60. The van der Waals surface area contributed by atoms with Crippen molar-refractivity contribution in [3.05, 3.63) is 30.3 Å². The van der Waals surface area contributed by atoms with Crippen LogP contribution in [0.2, 0.25) is 0 Å².